The van der Waals surface area contributed by atoms with Gasteiger partial charge in [0.05, 0.1) is 5.57 Å². The number of anilines is 1. The van der Waals surface area contributed by atoms with E-state index in [0.717, 1.165) is 16.9 Å². The summed E-state index contributed by atoms with van der Waals surface area (Å²) in [4.78, 5) is 12.3. The second-order valence-corrected chi connectivity index (χ2v) is 4.95. The molecule has 2 N–H and O–H groups in total. The first-order chi connectivity index (χ1) is 10.1. The molecule has 0 bridgehead atoms. The van der Waals surface area contributed by atoms with E-state index < -0.39 is 0 Å². The predicted octanol–water partition coefficient (Wildman–Crippen LogP) is 3.12. The lowest BCUT2D eigenvalue weighted by atomic mass is 10.1. The number of hydrogen-bond donors (Lipinski definition) is 2. The smallest absolute Gasteiger partial charge is 0.255 e. The maximum atomic E-state index is 12.3. The van der Waals surface area contributed by atoms with E-state index in [0.29, 0.717) is 11.3 Å². The van der Waals surface area contributed by atoms with Crippen molar-refractivity contribution in [3.63, 3.8) is 0 Å². The monoisotopic (exact) mass is 281 g/mol. The third kappa shape index (κ3) is 2.74. The molecule has 0 aromatic heterocycles. The van der Waals surface area contributed by atoms with Crippen LogP contribution in [-0.2, 0) is 4.79 Å². The number of rotatable bonds is 2. The van der Waals surface area contributed by atoms with Crippen molar-refractivity contribution in [1.29, 1.82) is 0 Å². The van der Waals surface area contributed by atoms with E-state index >= 15 is 0 Å². The van der Waals surface area contributed by atoms with Crippen molar-refractivity contribution < 1.29 is 14.6 Å². The van der Waals surface area contributed by atoms with Crippen molar-refractivity contribution in [3.8, 4) is 11.5 Å². The van der Waals surface area contributed by atoms with Crippen molar-refractivity contribution in [2.75, 3.05) is 11.9 Å². The quantitative estimate of drug-likeness (QED) is 0.889. The molecule has 4 nitrogen and oxygen atoms in total. The average molecular weight is 281 g/mol. The minimum atomic E-state index is -0.224. The van der Waals surface area contributed by atoms with Gasteiger partial charge in [-0.1, -0.05) is 24.3 Å². The van der Waals surface area contributed by atoms with Crippen LogP contribution >= 0.6 is 0 Å². The molecule has 0 aliphatic carbocycles. The number of carbonyl (C=O) groups excluding carboxylic acids is 1. The number of ether oxygens (including phenoxy) is 1. The summed E-state index contributed by atoms with van der Waals surface area (Å²) >= 11 is 0. The number of phenolic OH excluding ortho intramolecular Hbond substituents is 1. The van der Waals surface area contributed by atoms with Gasteiger partial charge in [0.2, 0.25) is 0 Å². The summed E-state index contributed by atoms with van der Waals surface area (Å²) in [6, 6.07) is 12.5. The SMILES string of the molecule is Cc1ccc(O)cc1NC(=O)C1=Cc2ccccc2OC1. The maximum absolute atomic E-state index is 12.3. The minimum Gasteiger partial charge on any atom is -0.508 e. The van der Waals surface area contributed by atoms with Crippen molar-refractivity contribution in [2.45, 2.75) is 6.92 Å². The van der Waals surface area contributed by atoms with Crippen LogP contribution in [0.3, 0.4) is 0 Å². The molecule has 106 valence electrons. The molecule has 1 heterocycles. The lowest BCUT2D eigenvalue weighted by molar-refractivity contribution is -0.113. The highest BCUT2D eigenvalue weighted by Gasteiger charge is 2.17. The topological polar surface area (TPSA) is 58.6 Å². The number of benzene rings is 2. The summed E-state index contributed by atoms with van der Waals surface area (Å²) in [7, 11) is 0. The zero-order valence-electron chi connectivity index (χ0n) is 11.6. The van der Waals surface area contributed by atoms with Crippen molar-refractivity contribution in [1.82, 2.24) is 0 Å². The Kier molecular flexibility index (Phi) is 3.36. The van der Waals surface area contributed by atoms with E-state index in [1.54, 1.807) is 12.1 Å². The molecule has 1 amide bonds. The van der Waals surface area contributed by atoms with Gasteiger partial charge in [-0.25, -0.2) is 0 Å². The van der Waals surface area contributed by atoms with Gasteiger partial charge in [0.1, 0.15) is 18.1 Å². The summed E-state index contributed by atoms with van der Waals surface area (Å²) in [5, 5.41) is 12.3. The Morgan fingerprint density at radius 2 is 2.05 bits per heavy atom. The molecule has 0 saturated carbocycles. The lowest BCUT2D eigenvalue weighted by Crippen LogP contribution is -2.21. The third-order valence-electron chi connectivity index (χ3n) is 3.39. The van der Waals surface area contributed by atoms with Crippen LogP contribution in [-0.4, -0.2) is 17.6 Å². The molecule has 2 aromatic carbocycles. The molecule has 21 heavy (non-hydrogen) atoms. The summed E-state index contributed by atoms with van der Waals surface area (Å²) in [6.07, 6.45) is 1.83. The first-order valence-corrected chi connectivity index (χ1v) is 6.67. The molecule has 0 atom stereocenters. The fraction of sp³-hybridized carbons (Fsp3) is 0.118. The molecule has 1 aliphatic heterocycles. The summed E-state index contributed by atoms with van der Waals surface area (Å²) in [5.74, 6) is 0.677. The van der Waals surface area contributed by atoms with Gasteiger partial charge in [-0.2, -0.15) is 0 Å². The average Bonchev–Trinajstić information content (AvgIpc) is 2.50. The number of phenols is 1. The molecule has 0 fully saturated rings. The highest BCUT2D eigenvalue weighted by Crippen LogP contribution is 2.27. The molecule has 0 spiro atoms. The number of hydrogen-bond acceptors (Lipinski definition) is 3. The molecule has 0 saturated heterocycles. The molecule has 1 aliphatic rings. The second kappa shape index (κ2) is 5.32. The molecule has 0 radical (unpaired) electrons. The van der Waals surface area contributed by atoms with Crippen LogP contribution in [0.1, 0.15) is 11.1 Å². The van der Waals surface area contributed by atoms with Gasteiger partial charge in [0.15, 0.2) is 0 Å². The second-order valence-electron chi connectivity index (χ2n) is 4.95. The Bertz CT molecular complexity index is 735. The van der Waals surface area contributed by atoms with Gasteiger partial charge in [-0.05, 0) is 30.7 Å². The first-order valence-electron chi connectivity index (χ1n) is 6.67. The molecule has 2 aromatic rings. The van der Waals surface area contributed by atoms with E-state index in [9.17, 15) is 9.90 Å². The zero-order chi connectivity index (χ0) is 14.8. The van der Waals surface area contributed by atoms with Gasteiger partial charge in [-0.3, -0.25) is 4.79 Å². The van der Waals surface area contributed by atoms with Gasteiger partial charge in [0.25, 0.3) is 5.91 Å². The van der Waals surface area contributed by atoms with E-state index in [-0.39, 0.29) is 18.3 Å². The van der Waals surface area contributed by atoms with E-state index in [1.807, 2.05) is 37.3 Å². The Hall–Kier alpha value is -2.75. The standard InChI is InChI=1S/C17H15NO3/c1-11-6-7-14(19)9-15(11)18-17(20)13-8-12-4-2-3-5-16(12)21-10-13/h2-9,19H,10H2,1H3,(H,18,20). The van der Waals surface area contributed by atoms with E-state index in [1.165, 1.54) is 6.07 Å². The van der Waals surface area contributed by atoms with Gasteiger partial charge < -0.3 is 15.2 Å². The Labute approximate surface area is 122 Å². The number of amides is 1. The van der Waals surface area contributed by atoms with Crippen LogP contribution in [0.4, 0.5) is 5.69 Å². The Morgan fingerprint density at radius 1 is 1.24 bits per heavy atom. The number of aromatic hydroxyl groups is 1. The highest BCUT2D eigenvalue weighted by molar-refractivity contribution is 6.07. The summed E-state index contributed by atoms with van der Waals surface area (Å²) in [6.45, 7) is 2.11. The van der Waals surface area contributed by atoms with Gasteiger partial charge in [0, 0.05) is 17.3 Å². The third-order valence-corrected chi connectivity index (χ3v) is 3.39. The Balaban J connectivity index is 1.84. The number of nitrogens with one attached hydrogen (secondary N) is 1. The number of fused-ring (bicyclic) bond motifs is 1. The van der Waals surface area contributed by atoms with Crippen molar-refractivity contribution in [3.05, 3.63) is 59.2 Å². The van der Waals surface area contributed by atoms with Crippen LogP contribution < -0.4 is 10.1 Å². The van der Waals surface area contributed by atoms with Crippen LogP contribution in [0, 0.1) is 6.92 Å². The molecular weight excluding hydrogens is 266 g/mol. The van der Waals surface area contributed by atoms with Crippen LogP contribution in [0.15, 0.2) is 48.0 Å². The number of para-hydroxylation sites is 1. The minimum absolute atomic E-state index is 0.120. The highest BCUT2D eigenvalue weighted by atomic mass is 16.5. The predicted molar refractivity (Wildman–Crippen MR) is 81.4 cm³/mol. The van der Waals surface area contributed by atoms with Gasteiger partial charge in [-0.15, -0.1) is 0 Å². The first kappa shape index (κ1) is 13.2. The lowest BCUT2D eigenvalue weighted by Gasteiger charge is -2.18. The van der Waals surface area contributed by atoms with Crippen LogP contribution in [0.5, 0.6) is 11.5 Å². The van der Waals surface area contributed by atoms with Crippen LogP contribution in [0.2, 0.25) is 0 Å². The molecule has 0 unspecified atom stereocenters. The van der Waals surface area contributed by atoms with E-state index in [4.69, 9.17) is 4.74 Å². The molecular formula is C17H15NO3. The number of aryl methyl sites for hydroxylation is 1. The van der Waals surface area contributed by atoms with Gasteiger partial charge >= 0.3 is 0 Å². The van der Waals surface area contributed by atoms with Crippen molar-refractivity contribution in [2.24, 2.45) is 0 Å². The number of carbonyl (C=O) groups is 1. The largest absolute Gasteiger partial charge is 0.508 e. The molecule has 3 rings (SSSR count). The fourth-order valence-electron chi connectivity index (χ4n) is 2.19. The summed E-state index contributed by atoms with van der Waals surface area (Å²) < 4.78 is 5.57. The fourth-order valence-corrected chi connectivity index (χ4v) is 2.19. The van der Waals surface area contributed by atoms with Crippen molar-refractivity contribution >= 4 is 17.7 Å². The van der Waals surface area contributed by atoms with Crippen LogP contribution in [0.25, 0.3) is 6.08 Å². The molecule has 4 heteroatoms. The normalized spacial score (nSPS) is 12.9. The Morgan fingerprint density at radius 3 is 2.90 bits per heavy atom. The van der Waals surface area contributed by atoms with E-state index in [2.05, 4.69) is 5.32 Å². The zero-order valence-corrected chi connectivity index (χ0v) is 11.6. The summed E-state index contributed by atoms with van der Waals surface area (Å²) in [5.41, 5.74) is 2.93. The maximum Gasteiger partial charge on any atom is 0.255 e.